The van der Waals surface area contributed by atoms with E-state index in [0.29, 0.717) is 12.8 Å². The first-order valence-electron chi connectivity index (χ1n) is 40.5. The molecule has 19 nitrogen and oxygen atoms in total. The third-order valence-electron chi connectivity index (χ3n) is 19.7. The highest BCUT2D eigenvalue weighted by atomic mass is 16.8. The van der Waals surface area contributed by atoms with Crippen LogP contribution >= 0.6 is 0 Å². The van der Waals surface area contributed by atoms with Gasteiger partial charge in [0.05, 0.1) is 38.6 Å². The molecule has 0 bridgehead atoms. The van der Waals surface area contributed by atoms with Crippen LogP contribution in [0.15, 0.2) is 97.2 Å². The number of nitrogens with one attached hydrogen (secondary N) is 1. The Hall–Kier alpha value is -3.29. The Balaban J connectivity index is 1.39. The predicted octanol–water partition coefficient (Wildman–Crippen LogP) is 13.6. The Morgan fingerprint density at radius 3 is 1.06 bits per heavy atom. The van der Waals surface area contributed by atoms with E-state index in [0.717, 1.165) is 116 Å². The molecule has 3 fully saturated rings. The highest BCUT2D eigenvalue weighted by Crippen LogP contribution is 2.33. The number of carbonyl (C=O) groups is 1. The maximum absolute atomic E-state index is 13.5. The molecule has 0 aromatic rings. The highest BCUT2D eigenvalue weighted by Gasteiger charge is 2.54. The number of aliphatic hydroxyl groups is 11. The first-order chi connectivity index (χ1) is 49.8. The molecule has 3 aliphatic heterocycles. The lowest BCUT2D eigenvalue weighted by atomic mass is 9.96. The van der Waals surface area contributed by atoms with Crippen molar-refractivity contribution in [1.29, 1.82) is 0 Å². The van der Waals surface area contributed by atoms with E-state index < -0.39 is 124 Å². The van der Waals surface area contributed by atoms with Crippen molar-refractivity contribution in [1.82, 2.24) is 5.32 Å². The molecule has 12 N–H and O–H groups in total. The van der Waals surface area contributed by atoms with Gasteiger partial charge in [0.1, 0.15) is 73.2 Å². The molecule has 17 atom stereocenters. The SMILES string of the molecule is CC/C=C\C/C=C\C/C=C\C/C=C\C/C=C\C/C=C\C/C=C\C/C=C\CCCCCCCCC(=O)NC(COC1OC(CO)C(OC2OC(CO)C(OC3OC(CO)C(O)C(O)C3O)C(O)C2O)C(O)C1O)C(O)CCCCCCCCCCCCCCCCCCCCCCCCCCCC. The van der Waals surface area contributed by atoms with E-state index in [-0.39, 0.29) is 18.9 Å². The van der Waals surface area contributed by atoms with Gasteiger partial charge in [0, 0.05) is 6.42 Å². The molecule has 102 heavy (non-hydrogen) atoms. The van der Waals surface area contributed by atoms with Crippen molar-refractivity contribution in [3.05, 3.63) is 97.2 Å². The van der Waals surface area contributed by atoms with Gasteiger partial charge in [-0.05, 0) is 77.0 Å². The number of allylic oxidation sites excluding steroid dienone is 16. The summed E-state index contributed by atoms with van der Waals surface area (Å²) in [5.74, 6) is -0.258. The zero-order valence-corrected chi connectivity index (χ0v) is 63.1. The van der Waals surface area contributed by atoms with Crippen LogP contribution in [0, 0.1) is 0 Å². The number of carbonyl (C=O) groups excluding carboxylic acids is 1. The zero-order chi connectivity index (χ0) is 73.9. The largest absolute Gasteiger partial charge is 0.394 e. The summed E-state index contributed by atoms with van der Waals surface area (Å²) in [4.78, 5) is 13.5. The summed E-state index contributed by atoms with van der Waals surface area (Å²) in [6.45, 7) is 1.70. The van der Waals surface area contributed by atoms with Crippen LogP contribution in [0.2, 0.25) is 0 Å². The standard InChI is InChI=1S/C83H145NO18/c1-3-5-7-9-11-13-15-17-19-21-23-25-27-29-31-32-33-34-35-37-39-41-43-45-47-49-51-53-55-57-59-61-71(89)84-66(67(88)60-58-56-54-52-50-48-46-44-42-40-38-36-30-28-26-24-22-20-18-16-14-12-10-8-6-4-2)65-97-81-77(95)74(92)79(69(63-86)99-81)102-83-78(96)75(93)80(70(64-87)100-83)101-82-76(94)73(91)72(90)68(62-85)98-82/h5,7,11,13,17,19,23,25,29,31,33-34,37,39,43,45,66-70,72-83,85-88,90-96H,3-4,6,8-10,12,14-16,18,20-22,24,26-28,30,32,35-36,38,40-42,44,46-65H2,1-2H3,(H,84,89)/b7-5-,13-11-,19-17-,25-23-,31-29-,34-33-,39-37-,45-43-. The van der Waals surface area contributed by atoms with E-state index in [1.165, 1.54) is 141 Å². The van der Waals surface area contributed by atoms with Crippen LogP contribution < -0.4 is 5.32 Å². The average Bonchev–Trinajstić information content (AvgIpc) is 0.781. The van der Waals surface area contributed by atoms with E-state index in [4.69, 9.17) is 28.4 Å². The minimum absolute atomic E-state index is 0.244. The summed E-state index contributed by atoms with van der Waals surface area (Å²) in [5.41, 5.74) is 0. The van der Waals surface area contributed by atoms with Crippen molar-refractivity contribution >= 4 is 5.91 Å². The molecule has 19 heteroatoms. The van der Waals surface area contributed by atoms with E-state index in [2.05, 4.69) is 116 Å². The van der Waals surface area contributed by atoms with E-state index in [1.54, 1.807) is 0 Å². The van der Waals surface area contributed by atoms with Gasteiger partial charge in [0.2, 0.25) is 5.91 Å². The average molecular weight is 1450 g/mol. The lowest BCUT2D eigenvalue weighted by molar-refractivity contribution is -0.379. The van der Waals surface area contributed by atoms with Gasteiger partial charge in [0.25, 0.3) is 0 Å². The molecule has 3 aliphatic rings. The molecular weight excluding hydrogens is 1300 g/mol. The smallest absolute Gasteiger partial charge is 0.220 e. The molecule has 590 valence electrons. The van der Waals surface area contributed by atoms with Crippen LogP contribution in [0.5, 0.6) is 0 Å². The maximum Gasteiger partial charge on any atom is 0.220 e. The Kier molecular flexibility index (Phi) is 57.1. The Morgan fingerprint density at radius 1 is 0.363 bits per heavy atom. The van der Waals surface area contributed by atoms with Gasteiger partial charge >= 0.3 is 0 Å². The molecule has 3 heterocycles. The molecule has 17 unspecified atom stereocenters. The molecule has 0 aliphatic carbocycles. The van der Waals surface area contributed by atoms with Crippen molar-refractivity contribution in [3.63, 3.8) is 0 Å². The van der Waals surface area contributed by atoms with Crippen molar-refractivity contribution in [2.75, 3.05) is 26.4 Å². The number of unbranched alkanes of at least 4 members (excludes halogenated alkanes) is 31. The second kappa shape index (κ2) is 62.7. The second-order valence-corrected chi connectivity index (χ2v) is 28.5. The van der Waals surface area contributed by atoms with Crippen molar-refractivity contribution in [3.8, 4) is 0 Å². The number of aliphatic hydroxyl groups excluding tert-OH is 11. The number of amides is 1. The lowest BCUT2D eigenvalue weighted by Crippen LogP contribution is -2.66. The van der Waals surface area contributed by atoms with E-state index in [9.17, 15) is 61.0 Å². The summed E-state index contributed by atoms with van der Waals surface area (Å²) in [7, 11) is 0. The van der Waals surface area contributed by atoms with Gasteiger partial charge in [-0.3, -0.25) is 4.79 Å². The number of hydrogen-bond donors (Lipinski definition) is 12. The molecule has 0 saturated carbocycles. The molecule has 0 radical (unpaired) electrons. The van der Waals surface area contributed by atoms with Crippen LogP contribution in [0.25, 0.3) is 0 Å². The zero-order valence-electron chi connectivity index (χ0n) is 63.1. The maximum atomic E-state index is 13.5. The van der Waals surface area contributed by atoms with Crippen molar-refractivity contribution < 1.29 is 89.4 Å². The molecule has 3 saturated heterocycles. The fourth-order valence-electron chi connectivity index (χ4n) is 13.2. The predicted molar refractivity (Wildman–Crippen MR) is 406 cm³/mol. The third kappa shape index (κ3) is 42.3. The van der Waals surface area contributed by atoms with E-state index in [1.807, 2.05) is 0 Å². The lowest BCUT2D eigenvalue weighted by Gasteiger charge is -2.48. The summed E-state index contributed by atoms with van der Waals surface area (Å²) in [6, 6.07) is -0.904. The highest BCUT2D eigenvalue weighted by molar-refractivity contribution is 5.76. The Morgan fingerprint density at radius 2 is 0.676 bits per heavy atom. The minimum atomic E-state index is -1.98. The molecule has 0 spiro atoms. The van der Waals surface area contributed by atoms with Crippen molar-refractivity contribution in [2.45, 2.75) is 394 Å². The van der Waals surface area contributed by atoms with Gasteiger partial charge in [-0.25, -0.2) is 0 Å². The summed E-state index contributed by atoms with van der Waals surface area (Å²) in [5, 5.41) is 121. The summed E-state index contributed by atoms with van der Waals surface area (Å²) < 4.78 is 34.5. The Labute approximate surface area is 615 Å². The fraction of sp³-hybridized carbons (Fsp3) is 0.795. The fourth-order valence-corrected chi connectivity index (χ4v) is 13.2. The molecule has 0 aromatic carbocycles. The van der Waals surface area contributed by atoms with Crippen LogP contribution in [0.3, 0.4) is 0 Å². The van der Waals surface area contributed by atoms with E-state index >= 15 is 0 Å². The van der Waals surface area contributed by atoms with Gasteiger partial charge in [0.15, 0.2) is 18.9 Å². The minimum Gasteiger partial charge on any atom is -0.394 e. The third-order valence-corrected chi connectivity index (χ3v) is 19.7. The van der Waals surface area contributed by atoms with Crippen molar-refractivity contribution in [2.24, 2.45) is 0 Å². The van der Waals surface area contributed by atoms with Gasteiger partial charge < -0.3 is 89.9 Å². The normalized spacial score (nSPS) is 26.7. The quantitative estimate of drug-likeness (QED) is 0.0199. The van der Waals surface area contributed by atoms with Gasteiger partial charge in [-0.15, -0.1) is 0 Å². The topological polar surface area (TPSA) is 307 Å². The number of hydrogen-bond acceptors (Lipinski definition) is 18. The Bertz CT molecular complexity index is 2220. The molecular formula is C83H145NO18. The van der Waals surface area contributed by atoms with Crippen LogP contribution in [-0.4, -0.2) is 193 Å². The molecule has 3 rings (SSSR count). The van der Waals surface area contributed by atoms with Crippen LogP contribution in [0.4, 0.5) is 0 Å². The van der Waals surface area contributed by atoms with Gasteiger partial charge in [-0.2, -0.15) is 0 Å². The number of ether oxygens (including phenoxy) is 6. The first kappa shape index (κ1) is 92.9. The van der Waals surface area contributed by atoms with Gasteiger partial charge in [-0.1, -0.05) is 304 Å². The van der Waals surface area contributed by atoms with Crippen LogP contribution in [0.1, 0.15) is 290 Å². The summed E-state index contributed by atoms with van der Waals surface area (Å²) >= 11 is 0. The summed E-state index contributed by atoms with van der Waals surface area (Å²) in [6.07, 6.45) is 57.7. The second-order valence-electron chi connectivity index (χ2n) is 28.5. The number of rotatable bonds is 63. The molecule has 0 aromatic heterocycles. The monoisotopic (exact) mass is 1440 g/mol. The first-order valence-corrected chi connectivity index (χ1v) is 40.5. The van der Waals surface area contributed by atoms with Crippen LogP contribution in [-0.2, 0) is 33.2 Å². The molecule has 1 amide bonds.